The van der Waals surface area contributed by atoms with E-state index in [1.165, 1.54) is 16.0 Å². The molecule has 0 aromatic heterocycles. The van der Waals surface area contributed by atoms with Crippen molar-refractivity contribution in [1.29, 1.82) is 0 Å². The van der Waals surface area contributed by atoms with Crippen molar-refractivity contribution in [3.63, 3.8) is 0 Å². The van der Waals surface area contributed by atoms with Gasteiger partial charge in [-0.3, -0.25) is 0 Å². The topological polar surface area (TPSA) is 35.2 Å². The molecule has 16 heavy (non-hydrogen) atoms. The highest BCUT2D eigenvalue weighted by Crippen LogP contribution is 2.24. The number of aryl methyl sites for hydroxylation is 2. The first-order valence-corrected chi connectivity index (χ1v) is 6.67. The molecule has 0 bridgehead atoms. The van der Waals surface area contributed by atoms with E-state index in [-0.39, 0.29) is 6.10 Å². The molecule has 90 valence electrons. The van der Waals surface area contributed by atoms with Gasteiger partial charge in [0.2, 0.25) is 0 Å². The molecule has 2 N–H and O–H groups in total. The van der Waals surface area contributed by atoms with Gasteiger partial charge in [0, 0.05) is 23.8 Å². The lowest BCUT2D eigenvalue weighted by Crippen LogP contribution is -2.26. The Bertz CT molecular complexity index is 328. The molecule has 0 radical (unpaired) electrons. The van der Waals surface area contributed by atoms with Gasteiger partial charge in [-0.1, -0.05) is 17.7 Å². The summed E-state index contributed by atoms with van der Waals surface area (Å²) in [7, 11) is 0. The first-order valence-electron chi connectivity index (χ1n) is 5.69. The van der Waals surface area contributed by atoms with Gasteiger partial charge in [0.15, 0.2) is 0 Å². The summed E-state index contributed by atoms with van der Waals surface area (Å²) in [6, 6.07) is 6.53. The second-order valence-electron chi connectivity index (χ2n) is 3.89. The molecule has 0 aliphatic heterocycles. The first-order chi connectivity index (χ1) is 7.67. The summed E-state index contributed by atoms with van der Waals surface area (Å²) in [5.41, 5.74) is 8.27. The van der Waals surface area contributed by atoms with Crippen molar-refractivity contribution in [1.82, 2.24) is 0 Å². The summed E-state index contributed by atoms with van der Waals surface area (Å²) in [5, 5.41) is 0. The van der Waals surface area contributed by atoms with Crippen LogP contribution < -0.4 is 5.73 Å². The van der Waals surface area contributed by atoms with Crippen molar-refractivity contribution in [2.45, 2.75) is 31.8 Å². The van der Waals surface area contributed by atoms with Crippen molar-refractivity contribution in [3.8, 4) is 0 Å². The Hall–Kier alpha value is -0.510. The quantitative estimate of drug-likeness (QED) is 0.775. The molecule has 2 nitrogen and oxygen atoms in total. The maximum Gasteiger partial charge on any atom is 0.0790 e. The van der Waals surface area contributed by atoms with E-state index in [9.17, 15) is 0 Å². The Morgan fingerprint density at radius 3 is 2.75 bits per heavy atom. The summed E-state index contributed by atoms with van der Waals surface area (Å²) < 4.78 is 5.54. The second kappa shape index (κ2) is 6.94. The summed E-state index contributed by atoms with van der Waals surface area (Å²) in [6.07, 6.45) is 0.162. The van der Waals surface area contributed by atoms with Gasteiger partial charge < -0.3 is 10.5 Å². The Balaban J connectivity index is 2.55. The molecule has 0 spiro atoms. The van der Waals surface area contributed by atoms with E-state index in [1.54, 1.807) is 0 Å². The maximum atomic E-state index is 5.65. The Labute approximate surface area is 103 Å². The smallest absolute Gasteiger partial charge is 0.0790 e. The van der Waals surface area contributed by atoms with E-state index in [1.807, 2.05) is 18.7 Å². The van der Waals surface area contributed by atoms with Crippen LogP contribution in [0.4, 0.5) is 0 Å². The zero-order valence-corrected chi connectivity index (χ0v) is 11.1. The standard InChI is InChI=1S/C13H21NOS/c1-4-15-12(8-14)9-16-13-7-10(2)5-6-11(13)3/h5-7,12H,4,8-9,14H2,1-3H3. The molecule has 1 rings (SSSR count). The molecule has 1 aromatic carbocycles. The zero-order chi connectivity index (χ0) is 12.0. The van der Waals surface area contributed by atoms with Gasteiger partial charge in [0.1, 0.15) is 0 Å². The lowest BCUT2D eigenvalue weighted by Gasteiger charge is -2.15. The van der Waals surface area contributed by atoms with Crippen LogP contribution in [0.5, 0.6) is 0 Å². The number of hydrogen-bond acceptors (Lipinski definition) is 3. The van der Waals surface area contributed by atoms with Crippen LogP contribution in [0.2, 0.25) is 0 Å². The van der Waals surface area contributed by atoms with E-state index in [2.05, 4.69) is 32.0 Å². The lowest BCUT2D eigenvalue weighted by molar-refractivity contribution is 0.0858. The summed E-state index contributed by atoms with van der Waals surface area (Å²) in [4.78, 5) is 1.33. The molecular formula is C13H21NOS. The molecule has 0 aliphatic carbocycles. The van der Waals surface area contributed by atoms with Gasteiger partial charge in [-0.2, -0.15) is 0 Å². The third kappa shape index (κ3) is 4.16. The average Bonchev–Trinajstić information content (AvgIpc) is 2.28. The normalized spacial score (nSPS) is 12.8. The number of thioether (sulfide) groups is 1. The van der Waals surface area contributed by atoms with Crippen molar-refractivity contribution in [3.05, 3.63) is 29.3 Å². The van der Waals surface area contributed by atoms with Crippen LogP contribution in [0.1, 0.15) is 18.1 Å². The highest BCUT2D eigenvalue weighted by molar-refractivity contribution is 7.99. The summed E-state index contributed by atoms with van der Waals surface area (Å²) >= 11 is 1.83. The third-order valence-electron chi connectivity index (χ3n) is 2.43. The Morgan fingerprint density at radius 1 is 1.38 bits per heavy atom. The van der Waals surface area contributed by atoms with Gasteiger partial charge in [0.05, 0.1) is 6.10 Å². The summed E-state index contributed by atoms with van der Waals surface area (Å²) in [5.74, 6) is 0.925. The molecule has 1 unspecified atom stereocenters. The van der Waals surface area contributed by atoms with Gasteiger partial charge in [-0.05, 0) is 32.4 Å². The van der Waals surface area contributed by atoms with E-state index < -0.39 is 0 Å². The van der Waals surface area contributed by atoms with Crippen molar-refractivity contribution < 1.29 is 4.74 Å². The summed E-state index contributed by atoms with van der Waals surface area (Å²) in [6.45, 7) is 7.58. The van der Waals surface area contributed by atoms with Crippen molar-refractivity contribution in [2.75, 3.05) is 18.9 Å². The minimum atomic E-state index is 0.162. The van der Waals surface area contributed by atoms with Gasteiger partial charge in [-0.15, -0.1) is 11.8 Å². The molecule has 1 atom stereocenters. The molecule has 0 heterocycles. The van der Waals surface area contributed by atoms with E-state index in [0.29, 0.717) is 6.54 Å². The van der Waals surface area contributed by atoms with Crippen LogP contribution in [-0.2, 0) is 4.74 Å². The third-order valence-corrected chi connectivity index (χ3v) is 3.72. The fraction of sp³-hybridized carbons (Fsp3) is 0.538. The predicted molar refractivity (Wildman–Crippen MR) is 71.1 cm³/mol. The SMILES string of the molecule is CCOC(CN)CSc1cc(C)ccc1C. The van der Waals surface area contributed by atoms with Crippen LogP contribution in [0.3, 0.4) is 0 Å². The lowest BCUT2D eigenvalue weighted by atomic mass is 10.2. The second-order valence-corrected chi connectivity index (χ2v) is 4.95. The zero-order valence-electron chi connectivity index (χ0n) is 10.3. The van der Waals surface area contributed by atoms with Gasteiger partial charge in [0.25, 0.3) is 0 Å². The largest absolute Gasteiger partial charge is 0.376 e. The highest BCUT2D eigenvalue weighted by atomic mass is 32.2. The fourth-order valence-corrected chi connectivity index (χ4v) is 2.63. The van der Waals surface area contributed by atoms with Crippen LogP contribution in [-0.4, -0.2) is 25.0 Å². The van der Waals surface area contributed by atoms with Crippen LogP contribution in [0, 0.1) is 13.8 Å². The molecule has 0 aliphatic rings. The predicted octanol–water partition coefficient (Wildman–Crippen LogP) is 2.76. The van der Waals surface area contributed by atoms with Crippen molar-refractivity contribution in [2.24, 2.45) is 5.73 Å². The average molecular weight is 239 g/mol. The molecule has 0 amide bonds. The Kier molecular flexibility index (Phi) is 5.88. The number of ether oxygens (including phenoxy) is 1. The minimum Gasteiger partial charge on any atom is -0.376 e. The maximum absolute atomic E-state index is 5.65. The van der Waals surface area contributed by atoms with Crippen molar-refractivity contribution >= 4 is 11.8 Å². The van der Waals surface area contributed by atoms with Crippen LogP contribution in [0.15, 0.2) is 23.1 Å². The Morgan fingerprint density at radius 2 is 2.12 bits per heavy atom. The number of nitrogens with two attached hydrogens (primary N) is 1. The first kappa shape index (κ1) is 13.6. The molecule has 3 heteroatoms. The molecule has 1 aromatic rings. The minimum absolute atomic E-state index is 0.162. The highest BCUT2D eigenvalue weighted by Gasteiger charge is 2.08. The fourth-order valence-electron chi connectivity index (χ4n) is 1.47. The van der Waals surface area contributed by atoms with Crippen LogP contribution in [0.25, 0.3) is 0 Å². The van der Waals surface area contributed by atoms with E-state index in [4.69, 9.17) is 10.5 Å². The van der Waals surface area contributed by atoms with Gasteiger partial charge in [-0.25, -0.2) is 0 Å². The molecule has 0 fully saturated rings. The number of benzene rings is 1. The monoisotopic (exact) mass is 239 g/mol. The van der Waals surface area contributed by atoms with Gasteiger partial charge >= 0.3 is 0 Å². The molecular weight excluding hydrogens is 218 g/mol. The number of rotatable bonds is 6. The van der Waals surface area contributed by atoms with E-state index >= 15 is 0 Å². The van der Waals surface area contributed by atoms with E-state index in [0.717, 1.165) is 12.4 Å². The van der Waals surface area contributed by atoms with Crippen LogP contribution >= 0.6 is 11.8 Å². The molecule has 0 saturated carbocycles. The molecule has 0 saturated heterocycles. The number of hydrogen-bond donors (Lipinski definition) is 1.